The Morgan fingerprint density at radius 2 is 1.76 bits per heavy atom. The van der Waals surface area contributed by atoms with Crippen molar-refractivity contribution in [2.75, 3.05) is 6.61 Å². The van der Waals surface area contributed by atoms with E-state index in [2.05, 4.69) is 32.6 Å². The minimum absolute atomic E-state index is 0.0781. The van der Waals surface area contributed by atoms with Crippen LogP contribution in [0.3, 0.4) is 0 Å². The topological polar surface area (TPSA) is 117 Å². The largest absolute Gasteiger partial charge is 0.480 e. The summed E-state index contributed by atoms with van der Waals surface area (Å²) in [6.07, 6.45) is 1.12. The van der Waals surface area contributed by atoms with E-state index >= 15 is 0 Å². The third-order valence-corrected chi connectivity index (χ3v) is 5.07. The fourth-order valence-electron chi connectivity index (χ4n) is 3.67. The van der Waals surface area contributed by atoms with Crippen molar-refractivity contribution >= 4 is 12.1 Å². The second-order valence-electron chi connectivity index (χ2n) is 6.83. The van der Waals surface area contributed by atoms with E-state index in [4.69, 9.17) is 4.74 Å². The van der Waals surface area contributed by atoms with Gasteiger partial charge in [-0.25, -0.2) is 14.6 Å². The second-order valence-corrected chi connectivity index (χ2v) is 6.83. The van der Waals surface area contributed by atoms with Crippen LogP contribution in [-0.2, 0) is 16.0 Å². The lowest BCUT2D eigenvalue weighted by Gasteiger charge is -2.17. The van der Waals surface area contributed by atoms with Gasteiger partial charge in [-0.2, -0.15) is 5.10 Å². The van der Waals surface area contributed by atoms with Crippen molar-refractivity contribution in [3.63, 3.8) is 0 Å². The minimum Gasteiger partial charge on any atom is -0.480 e. The standard InChI is InChI=1S/C21H20N4O4/c26-20(27)18(9-10-19-22-12-23-25-19)24-21(28)29-11-17-15-7-3-1-5-13(15)14-6-2-4-8-16(14)17/h1-8,12,17-18H,9-11H2,(H,24,28)(H,26,27)(H,22,23,25)/t18-/m0/s1. The molecular formula is C21H20N4O4. The highest BCUT2D eigenvalue weighted by Gasteiger charge is 2.29. The second kappa shape index (κ2) is 8.14. The van der Waals surface area contributed by atoms with Crippen molar-refractivity contribution < 1.29 is 19.4 Å². The number of alkyl carbamates (subject to hydrolysis) is 1. The lowest BCUT2D eigenvalue weighted by Crippen LogP contribution is -2.41. The Morgan fingerprint density at radius 1 is 1.10 bits per heavy atom. The Morgan fingerprint density at radius 3 is 2.34 bits per heavy atom. The smallest absolute Gasteiger partial charge is 0.407 e. The average Bonchev–Trinajstić information content (AvgIpc) is 3.35. The molecule has 0 radical (unpaired) electrons. The van der Waals surface area contributed by atoms with E-state index < -0.39 is 18.1 Å². The third-order valence-electron chi connectivity index (χ3n) is 5.07. The van der Waals surface area contributed by atoms with Crippen LogP contribution in [0.5, 0.6) is 0 Å². The van der Waals surface area contributed by atoms with Gasteiger partial charge in [-0.05, 0) is 28.7 Å². The fourth-order valence-corrected chi connectivity index (χ4v) is 3.67. The molecule has 1 aromatic heterocycles. The monoisotopic (exact) mass is 392 g/mol. The van der Waals surface area contributed by atoms with Crippen molar-refractivity contribution in [3.8, 4) is 11.1 Å². The number of benzene rings is 2. The van der Waals surface area contributed by atoms with Gasteiger partial charge in [0.2, 0.25) is 0 Å². The number of aryl methyl sites for hydroxylation is 1. The van der Waals surface area contributed by atoms with Crippen LogP contribution in [0, 0.1) is 0 Å². The third kappa shape index (κ3) is 3.96. The van der Waals surface area contributed by atoms with E-state index in [0.29, 0.717) is 12.2 Å². The number of H-pyrrole nitrogens is 1. The number of fused-ring (bicyclic) bond motifs is 3. The molecule has 1 amide bonds. The number of carbonyl (C=O) groups excluding carboxylic acids is 1. The van der Waals surface area contributed by atoms with Gasteiger partial charge in [0.05, 0.1) is 0 Å². The van der Waals surface area contributed by atoms with Gasteiger partial charge in [-0.15, -0.1) is 0 Å². The number of aromatic nitrogens is 3. The van der Waals surface area contributed by atoms with Gasteiger partial charge in [-0.1, -0.05) is 48.5 Å². The van der Waals surface area contributed by atoms with Gasteiger partial charge < -0.3 is 15.2 Å². The number of nitrogens with one attached hydrogen (secondary N) is 2. The quantitative estimate of drug-likeness (QED) is 0.569. The predicted molar refractivity (Wildman–Crippen MR) is 104 cm³/mol. The van der Waals surface area contributed by atoms with Crippen molar-refractivity contribution in [1.82, 2.24) is 20.5 Å². The van der Waals surface area contributed by atoms with Crippen LogP contribution in [0.25, 0.3) is 11.1 Å². The number of aromatic amines is 1. The van der Waals surface area contributed by atoms with E-state index in [9.17, 15) is 14.7 Å². The number of carbonyl (C=O) groups is 2. The zero-order valence-electron chi connectivity index (χ0n) is 15.5. The molecule has 148 valence electrons. The Labute approximate surface area is 166 Å². The van der Waals surface area contributed by atoms with Crippen LogP contribution in [0.15, 0.2) is 54.9 Å². The van der Waals surface area contributed by atoms with E-state index in [1.165, 1.54) is 6.33 Å². The maximum atomic E-state index is 12.3. The number of carboxylic acid groups (broad SMARTS) is 1. The van der Waals surface area contributed by atoms with Crippen molar-refractivity contribution in [3.05, 3.63) is 71.8 Å². The summed E-state index contributed by atoms with van der Waals surface area (Å²) in [4.78, 5) is 27.7. The summed E-state index contributed by atoms with van der Waals surface area (Å²) >= 11 is 0. The number of amides is 1. The molecule has 2 aromatic carbocycles. The van der Waals surface area contributed by atoms with Gasteiger partial charge in [0, 0.05) is 12.3 Å². The molecule has 0 spiro atoms. The molecule has 0 fully saturated rings. The summed E-state index contributed by atoms with van der Waals surface area (Å²) in [6, 6.07) is 15.0. The molecule has 0 bridgehead atoms. The molecule has 1 aliphatic carbocycles. The van der Waals surface area contributed by atoms with Crippen molar-refractivity contribution in [2.24, 2.45) is 0 Å². The van der Waals surface area contributed by atoms with Crippen LogP contribution >= 0.6 is 0 Å². The number of hydrogen-bond acceptors (Lipinski definition) is 5. The van der Waals surface area contributed by atoms with Crippen LogP contribution < -0.4 is 5.32 Å². The number of ether oxygens (including phenoxy) is 1. The average molecular weight is 392 g/mol. The summed E-state index contributed by atoms with van der Waals surface area (Å²) < 4.78 is 5.41. The van der Waals surface area contributed by atoms with Gasteiger partial charge in [0.25, 0.3) is 0 Å². The molecular weight excluding hydrogens is 372 g/mol. The van der Waals surface area contributed by atoms with Gasteiger partial charge in [0.15, 0.2) is 0 Å². The van der Waals surface area contributed by atoms with Gasteiger partial charge >= 0.3 is 12.1 Å². The Kier molecular flexibility index (Phi) is 5.24. The molecule has 0 saturated heterocycles. The molecule has 1 heterocycles. The molecule has 0 aliphatic heterocycles. The summed E-state index contributed by atoms with van der Waals surface area (Å²) in [5.41, 5.74) is 4.46. The molecule has 0 unspecified atom stereocenters. The highest BCUT2D eigenvalue weighted by Crippen LogP contribution is 2.44. The van der Waals surface area contributed by atoms with E-state index in [1.807, 2.05) is 36.4 Å². The van der Waals surface area contributed by atoms with Crippen molar-refractivity contribution in [2.45, 2.75) is 24.8 Å². The first kappa shape index (κ1) is 18.7. The number of rotatable bonds is 7. The van der Waals surface area contributed by atoms with Crippen molar-refractivity contribution in [1.29, 1.82) is 0 Å². The van der Waals surface area contributed by atoms with Crippen LogP contribution in [0.4, 0.5) is 4.79 Å². The highest BCUT2D eigenvalue weighted by atomic mass is 16.5. The summed E-state index contributed by atoms with van der Waals surface area (Å²) in [5.74, 6) is -0.644. The predicted octanol–water partition coefficient (Wildman–Crippen LogP) is 2.73. The van der Waals surface area contributed by atoms with E-state index in [0.717, 1.165) is 22.3 Å². The zero-order chi connectivity index (χ0) is 20.2. The first-order valence-electron chi connectivity index (χ1n) is 9.32. The fraction of sp³-hybridized carbons (Fsp3) is 0.238. The maximum absolute atomic E-state index is 12.3. The molecule has 1 atom stereocenters. The zero-order valence-corrected chi connectivity index (χ0v) is 15.5. The molecule has 8 heteroatoms. The molecule has 0 saturated carbocycles. The molecule has 29 heavy (non-hydrogen) atoms. The maximum Gasteiger partial charge on any atom is 0.407 e. The number of carboxylic acids is 1. The van der Waals surface area contributed by atoms with E-state index in [1.54, 1.807) is 0 Å². The lowest BCUT2D eigenvalue weighted by molar-refractivity contribution is -0.139. The van der Waals surface area contributed by atoms with E-state index in [-0.39, 0.29) is 18.9 Å². The summed E-state index contributed by atoms with van der Waals surface area (Å²) in [5, 5.41) is 18.2. The highest BCUT2D eigenvalue weighted by molar-refractivity contribution is 5.81. The molecule has 1 aliphatic rings. The molecule has 3 aromatic rings. The SMILES string of the molecule is O=C(N[C@@H](CCc1ncn[nH]1)C(=O)O)OCC1c2ccccc2-c2ccccc21. The Balaban J connectivity index is 1.39. The minimum atomic E-state index is -1.13. The molecule has 3 N–H and O–H groups in total. The summed E-state index contributed by atoms with van der Waals surface area (Å²) in [6.45, 7) is 0.133. The molecule has 8 nitrogen and oxygen atoms in total. The Bertz CT molecular complexity index is 974. The first-order chi connectivity index (χ1) is 14.1. The van der Waals surface area contributed by atoms with Gasteiger partial charge in [0.1, 0.15) is 24.8 Å². The summed E-state index contributed by atoms with van der Waals surface area (Å²) in [7, 11) is 0. The number of hydrogen-bond donors (Lipinski definition) is 3. The van der Waals surface area contributed by atoms with Crippen LogP contribution in [0.1, 0.15) is 29.3 Å². The normalized spacial score (nSPS) is 13.4. The van der Waals surface area contributed by atoms with Gasteiger partial charge in [-0.3, -0.25) is 5.10 Å². The van der Waals surface area contributed by atoms with Crippen LogP contribution in [-0.4, -0.2) is 45.0 Å². The number of aliphatic carboxylic acids is 1. The number of nitrogens with zero attached hydrogens (tertiary/aromatic N) is 2. The first-order valence-corrected chi connectivity index (χ1v) is 9.32. The Hall–Kier alpha value is -3.68. The lowest BCUT2D eigenvalue weighted by atomic mass is 9.98. The molecule has 4 rings (SSSR count). The van der Waals surface area contributed by atoms with Crippen LogP contribution in [0.2, 0.25) is 0 Å².